The number of aliphatic carboxylic acids is 1. The highest BCUT2D eigenvalue weighted by atomic mass is 32.1. The van der Waals surface area contributed by atoms with Gasteiger partial charge in [-0.15, -0.1) is 25.3 Å². The van der Waals surface area contributed by atoms with E-state index >= 15 is 0 Å². The minimum atomic E-state index is -0.981. The first kappa shape index (κ1) is 19.9. The number of hydrogen-bond acceptors (Lipinski definition) is 5. The van der Waals surface area contributed by atoms with E-state index in [1.54, 1.807) is 0 Å². The molecule has 0 aliphatic carbocycles. The number of carbonyl (C=O) groups excluding carboxylic acids is 4. The van der Waals surface area contributed by atoms with Gasteiger partial charge in [0.15, 0.2) is 10.2 Å². The van der Waals surface area contributed by atoms with E-state index in [4.69, 9.17) is 5.11 Å². The summed E-state index contributed by atoms with van der Waals surface area (Å²) in [5.41, 5.74) is 0. The molecular weight excluding hydrogens is 292 g/mol. The zero-order valence-electron chi connectivity index (χ0n) is 10.00. The van der Waals surface area contributed by atoms with Crippen molar-refractivity contribution in [2.24, 2.45) is 0 Å². The van der Waals surface area contributed by atoms with Gasteiger partial charge in [0.2, 0.25) is 0 Å². The molecule has 6 nitrogen and oxygen atoms in total. The van der Waals surface area contributed by atoms with Crippen molar-refractivity contribution in [1.82, 2.24) is 0 Å². The quantitative estimate of drug-likeness (QED) is 0.349. The molecule has 0 aliphatic rings. The molecule has 0 rings (SSSR count). The van der Waals surface area contributed by atoms with Gasteiger partial charge in [-0.3, -0.25) is 19.2 Å². The van der Waals surface area contributed by atoms with Crippen LogP contribution in [0.15, 0.2) is 12.7 Å². The second-order valence-electron chi connectivity index (χ2n) is 3.26. The smallest absolute Gasteiger partial charge is 0.327 e. The van der Waals surface area contributed by atoms with Gasteiger partial charge in [0.1, 0.15) is 11.6 Å². The van der Waals surface area contributed by atoms with E-state index in [9.17, 15) is 24.0 Å². The van der Waals surface area contributed by atoms with Crippen LogP contribution < -0.4 is 0 Å². The van der Waals surface area contributed by atoms with Crippen LogP contribution in [0.4, 0.5) is 0 Å². The Labute approximate surface area is 121 Å². The third kappa shape index (κ3) is 19.1. The number of carboxylic acids is 1. The Morgan fingerprint density at radius 3 is 1.32 bits per heavy atom. The average molecular weight is 306 g/mol. The number of hydrogen-bond donors (Lipinski definition) is 3. The Morgan fingerprint density at radius 2 is 1.16 bits per heavy atom. The van der Waals surface area contributed by atoms with E-state index in [1.807, 2.05) is 0 Å². The topological polar surface area (TPSA) is 106 Å². The Kier molecular flexibility index (Phi) is 12.2. The van der Waals surface area contributed by atoms with Gasteiger partial charge < -0.3 is 5.11 Å². The maximum absolute atomic E-state index is 10.9. The zero-order valence-corrected chi connectivity index (χ0v) is 11.8. The summed E-state index contributed by atoms with van der Waals surface area (Å²) in [5.74, 6) is -1.67. The fourth-order valence-electron chi connectivity index (χ4n) is 0.793. The predicted molar refractivity (Wildman–Crippen MR) is 74.3 cm³/mol. The molecule has 19 heavy (non-hydrogen) atoms. The van der Waals surface area contributed by atoms with E-state index in [1.165, 1.54) is 0 Å². The summed E-state index contributed by atoms with van der Waals surface area (Å²) >= 11 is 6.85. The van der Waals surface area contributed by atoms with Crippen molar-refractivity contribution < 1.29 is 29.1 Å². The summed E-state index contributed by atoms with van der Waals surface area (Å²) in [7, 11) is 0. The van der Waals surface area contributed by atoms with Gasteiger partial charge in [0, 0.05) is 18.9 Å². The van der Waals surface area contributed by atoms with Crippen LogP contribution in [0.25, 0.3) is 0 Å². The van der Waals surface area contributed by atoms with Gasteiger partial charge in [0.25, 0.3) is 0 Å². The summed E-state index contributed by atoms with van der Waals surface area (Å²) in [5, 5.41) is 6.56. The number of carbonyl (C=O) groups is 5. The van der Waals surface area contributed by atoms with Crippen molar-refractivity contribution in [2.45, 2.75) is 25.7 Å². The second kappa shape index (κ2) is 11.7. The molecule has 0 aromatic rings. The lowest BCUT2D eigenvalue weighted by Crippen LogP contribution is -2.08. The Hall–Kier alpha value is -1.41. The van der Waals surface area contributed by atoms with Crippen LogP contribution >= 0.6 is 25.3 Å². The molecule has 0 unspecified atom stereocenters. The molecule has 0 amide bonds. The first-order valence-corrected chi connectivity index (χ1v) is 5.90. The van der Waals surface area contributed by atoms with Gasteiger partial charge in [-0.05, 0) is 0 Å². The van der Waals surface area contributed by atoms with Crippen molar-refractivity contribution in [3.8, 4) is 0 Å². The minimum Gasteiger partial charge on any atom is -0.478 e. The lowest BCUT2D eigenvalue weighted by Gasteiger charge is -1.96. The van der Waals surface area contributed by atoms with Crippen LogP contribution in [0.3, 0.4) is 0 Å². The number of Topliss-reactive ketones (excluding diaryl/α,β-unsaturated/α-hetero) is 2. The first-order valence-electron chi connectivity index (χ1n) is 5.01. The van der Waals surface area contributed by atoms with E-state index in [0.29, 0.717) is 0 Å². The second-order valence-corrected chi connectivity index (χ2v) is 4.26. The average Bonchev–Trinajstić information content (AvgIpc) is 2.25. The number of thiol groups is 2. The molecule has 0 saturated carbocycles. The van der Waals surface area contributed by atoms with Crippen molar-refractivity contribution >= 4 is 53.0 Å². The molecule has 0 spiro atoms. The van der Waals surface area contributed by atoms with Crippen molar-refractivity contribution in [3.05, 3.63) is 12.7 Å². The molecule has 8 heteroatoms. The first-order chi connectivity index (χ1) is 8.68. The highest BCUT2D eigenvalue weighted by Crippen LogP contribution is 2.02. The lowest BCUT2D eigenvalue weighted by atomic mass is 10.1. The van der Waals surface area contributed by atoms with E-state index in [0.717, 1.165) is 6.08 Å². The third-order valence-electron chi connectivity index (χ3n) is 1.55. The molecule has 0 bridgehead atoms. The summed E-state index contributed by atoms with van der Waals surface area (Å²) in [6.07, 6.45) is 0.245. The molecule has 0 heterocycles. The summed E-state index contributed by atoms with van der Waals surface area (Å²) < 4.78 is 0. The van der Waals surface area contributed by atoms with Crippen LogP contribution in [0.1, 0.15) is 25.7 Å². The van der Waals surface area contributed by atoms with Crippen molar-refractivity contribution in [2.75, 3.05) is 0 Å². The normalized spacial score (nSPS) is 8.74. The molecule has 0 radical (unpaired) electrons. The fourth-order valence-corrected chi connectivity index (χ4v) is 1.15. The summed E-state index contributed by atoms with van der Waals surface area (Å²) in [6, 6.07) is 0. The molecule has 0 saturated heterocycles. The van der Waals surface area contributed by atoms with Gasteiger partial charge >= 0.3 is 5.97 Å². The summed E-state index contributed by atoms with van der Waals surface area (Å²) in [6.45, 7) is 2.96. The maximum Gasteiger partial charge on any atom is 0.327 e. The molecule has 1 N–H and O–H groups in total. The van der Waals surface area contributed by atoms with Gasteiger partial charge in [-0.25, -0.2) is 4.79 Å². The molecule has 106 valence electrons. The third-order valence-corrected chi connectivity index (χ3v) is 1.87. The van der Waals surface area contributed by atoms with Gasteiger partial charge in [-0.2, -0.15) is 0 Å². The van der Waals surface area contributed by atoms with Crippen LogP contribution in [-0.2, 0) is 24.0 Å². The fraction of sp³-hybridized carbons (Fsp3) is 0.364. The van der Waals surface area contributed by atoms with E-state index in [-0.39, 0.29) is 37.2 Å². The Morgan fingerprint density at radius 1 is 0.895 bits per heavy atom. The standard InChI is InChI=1S/C8H10O4S2.C3H4O2/c9-5(3-7(11)13)1-2-6(10)4-8(12)14;1-2-3(4)5/h1-4H2,(H,11,13)(H,12,14);2H,1H2,(H,4,5). The molecule has 0 fully saturated rings. The number of carboxylic acid groups (broad SMARTS) is 1. The predicted octanol–water partition coefficient (Wildman–Crippen LogP) is 0.855. The van der Waals surface area contributed by atoms with Gasteiger partial charge in [0.05, 0.1) is 12.8 Å². The Bertz CT molecular complexity index is 361. The van der Waals surface area contributed by atoms with Crippen LogP contribution in [0, 0.1) is 0 Å². The highest BCUT2D eigenvalue weighted by molar-refractivity contribution is 7.96. The minimum absolute atomic E-state index is 0.0216. The summed E-state index contributed by atoms with van der Waals surface area (Å²) in [4.78, 5) is 51.8. The SMILES string of the molecule is C=CC(=O)O.O=C(S)CC(=O)CCC(=O)CC(=O)S. The van der Waals surface area contributed by atoms with Crippen LogP contribution in [0.2, 0.25) is 0 Å². The molecule has 0 atom stereocenters. The molecule has 0 aliphatic heterocycles. The van der Waals surface area contributed by atoms with Crippen molar-refractivity contribution in [1.29, 1.82) is 0 Å². The van der Waals surface area contributed by atoms with Crippen LogP contribution in [0.5, 0.6) is 0 Å². The number of ketones is 2. The molecule has 0 aromatic heterocycles. The lowest BCUT2D eigenvalue weighted by molar-refractivity contribution is -0.131. The van der Waals surface area contributed by atoms with E-state index in [2.05, 4.69) is 31.8 Å². The molecular formula is C11H14O6S2. The monoisotopic (exact) mass is 306 g/mol. The molecule has 0 aromatic carbocycles. The van der Waals surface area contributed by atoms with Crippen molar-refractivity contribution in [3.63, 3.8) is 0 Å². The van der Waals surface area contributed by atoms with Gasteiger partial charge in [-0.1, -0.05) is 6.58 Å². The zero-order chi connectivity index (χ0) is 15.4. The van der Waals surface area contributed by atoms with Crippen LogP contribution in [-0.4, -0.2) is 32.9 Å². The van der Waals surface area contributed by atoms with E-state index < -0.39 is 16.2 Å². The maximum atomic E-state index is 10.9. The number of rotatable bonds is 8. The largest absolute Gasteiger partial charge is 0.478 e. The highest BCUT2D eigenvalue weighted by Gasteiger charge is 2.10. The Balaban J connectivity index is 0.